The smallest absolute Gasteiger partial charge is 0.0612 e. The molecule has 2 atom stereocenters. The number of aromatic nitrogens is 1. The van der Waals surface area contributed by atoms with E-state index in [-0.39, 0.29) is 12.0 Å². The van der Waals surface area contributed by atoms with Gasteiger partial charge in [-0.15, -0.1) is 0 Å². The van der Waals surface area contributed by atoms with Crippen LogP contribution in [0, 0.1) is 5.92 Å². The van der Waals surface area contributed by atoms with Gasteiger partial charge in [0.25, 0.3) is 0 Å². The highest BCUT2D eigenvalue weighted by Gasteiger charge is 2.23. The maximum absolute atomic E-state index is 9.75. The standard InChI is InChI=1S/C12H17NO2/c14-12-6-8-15-9-10(12)4-5-11-3-1-2-7-13-11/h1-3,7,10,12,14H,4-6,8-9H2. The van der Waals surface area contributed by atoms with E-state index in [1.54, 1.807) is 0 Å². The summed E-state index contributed by atoms with van der Waals surface area (Å²) in [6, 6.07) is 5.94. The van der Waals surface area contributed by atoms with E-state index in [9.17, 15) is 5.11 Å². The molecule has 3 heteroatoms. The molecule has 1 N–H and O–H groups in total. The Morgan fingerprint density at radius 2 is 2.40 bits per heavy atom. The fourth-order valence-corrected chi connectivity index (χ4v) is 1.94. The van der Waals surface area contributed by atoms with Gasteiger partial charge in [0.1, 0.15) is 0 Å². The summed E-state index contributed by atoms with van der Waals surface area (Å²) in [5.74, 6) is 0.278. The summed E-state index contributed by atoms with van der Waals surface area (Å²) in [6.07, 6.45) is 4.27. The summed E-state index contributed by atoms with van der Waals surface area (Å²) in [5, 5.41) is 9.75. The van der Waals surface area contributed by atoms with E-state index in [0.717, 1.165) is 25.0 Å². The Bertz CT molecular complexity index is 289. The molecule has 0 amide bonds. The van der Waals surface area contributed by atoms with Crippen molar-refractivity contribution < 1.29 is 9.84 Å². The van der Waals surface area contributed by atoms with Crippen molar-refractivity contribution >= 4 is 0 Å². The van der Waals surface area contributed by atoms with Crippen LogP contribution in [-0.2, 0) is 11.2 Å². The van der Waals surface area contributed by atoms with Crippen molar-refractivity contribution in [3.8, 4) is 0 Å². The van der Waals surface area contributed by atoms with Crippen molar-refractivity contribution in [2.75, 3.05) is 13.2 Å². The number of rotatable bonds is 3. The van der Waals surface area contributed by atoms with Gasteiger partial charge in [0.15, 0.2) is 0 Å². The molecule has 1 aromatic heterocycles. The molecule has 0 aliphatic carbocycles. The molecule has 1 fully saturated rings. The molecule has 1 aromatic rings. The van der Waals surface area contributed by atoms with Crippen LogP contribution in [0.1, 0.15) is 18.5 Å². The van der Waals surface area contributed by atoms with Crippen LogP contribution in [0.4, 0.5) is 0 Å². The summed E-state index contributed by atoms with van der Waals surface area (Å²) in [7, 11) is 0. The summed E-state index contributed by atoms with van der Waals surface area (Å²) in [5.41, 5.74) is 1.09. The molecule has 1 aliphatic heterocycles. The van der Waals surface area contributed by atoms with Crippen LogP contribution in [0.2, 0.25) is 0 Å². The second-order valence-corrected chi connectivity index (χ2v) is 4.05. The normalized spacial score (nSPS) is 26.5. The Morgan fingerprint density at radius 1 is 1.47 bits per heavy atom. The van der Waals surface area contributed by atoms with Crippen LogP contribution in [0.5, 0.6) is 0 Å². The molecule has 1 aliphatic rings. The van der Waals surface area contributed by atoms with Crippen molar-refractivity contribution in [3.05, 3.63) is 30.1 Å². The van der Waals surface area contributed by atoms with Crippen molar-refractivity contribution in [1.29, 1.82) is 0 Å². The first-order valence-electron chi connectivity index (χ1n) is 5.52. The van der Waals surface area contributed by atoms with Crippen LogP contribution in [0.15, 0.2) is 24.4 Å². The third-order valence-electron chi connectivity index (χ3n) is 2.93. The minimum Gasteiger partial charge on any atom is -0.393 e. The predicted octanol–water partition coefficient (Wildman–Crippen LogP) is 1.41. The fourth-order valence-electron chi connectivity index (χ4n) is 1.94. The monoisotopic (exact) mass is 207 g/mol. The van der Waals surface area contributed by atoms with Crippen molar-refractivity contribution in [3.63, 3.8) is 0 Å². The number of aliphatic hydroxyl groups is 1. The third kappa shape index (κ3) is 3.01. The van der Waals surface area contributed by atoms with E-state index in [1.165, 1.54) is 0 Å². The van der Waals surface area contributed by atoms with Gasteiger partial charge >= 0.3 is 0 Å². The molecule has 2 unspecified atom stereocenters. The van der Waals surface area contributed by atoms with Crippen molar-refractivity contribution in [1.82, 2.24) is 4.98 Å². The Hall–Kier alpha value is -0.930. The largest absolute Gasteiger partial charge is 0.393 e. The Balaban J connectivity index is 1.82. The van der Waals surface area contributed by atoms with Crippen molar-refractivity contribution in [2.45, 2.75) is 25.4 Å². The van der Waals surface area contributed by atoms with E-state index in [4.69, 9.17) is 4.74 Å². The van der Waals surface area contributed by atoms with E-state index in [2.05, 4.69) is 4.98 Å². The minimum atomic E-state index is -0.192. The lowest BCUT2D eigenvalue weighted by Gasteiger charge is -2.27. The molecular weight excluding hydrogens is 190 g/mol. The number of aliphatic hydroxyl groups excluding tert-OH is 1. The lowest BCUT2D eigenvalue weighted by atomic mass is 9.93. The van der Waals surface area contributed by atoms with Crippen LogP contribution in [0.25, 0.3) is 0 Å². The zero-order valence-electron chi connectivity index (χ0n) is 8.80. The first-order valence-corrected chi connectivity index (χ1v) is 5.52. The molecule has 2 heterocycles. The molecule has 3 nitrogen and oxygen atoms in total. The highest BCUT2D eigenvalue weighted by molar-refractivity contribution is 5.03. The van der Waals surface area contributed by atoms with E-state index in [1.807, 2.05) is 24.4 Å². The summed E-state index contributed by atoms with van der Waals surface area (Å²) in [4.78, 5) is 4.27. The molecule has 1 saturated heterocycles. The molecule has 2 rings (SSSR count). The van der Waals surface area contributed by atoms with Gasteiger partial charge in [0.05, 0.1) is 12.7 Å². The summed E-state index contributed by atoms with van der Waals surface area (Å²) in [6.45, 7) is 1.38. The van der Waals surface area contributed by atoms with E-state index in [0.29, 0.717) is 13.2 Å². The van der Waals surface area contributed by atoms with Crippen LogP contribution >= 0.6 is 0 Å². The van der Waals surface area contributed by atoms with E-state index >= 15 is 0 Å². The Labute approximate surface area is 90.1 Å². The van der Waals surface area contributed by atoms with Crippen LogP contribution in [0.3, 0.4) is 0 Å². The number of aryl methyl sites for hydroxylation is 1. The van der Waals surface area contributed by atoms with Gasteiger partial charge in [0.2, 0.25) is 0 Å². The van der Waals surface area contributed by atoms with Gasteiger partial charge in [-0.25, -0.2) is 0 Å². The first-order chi connectivity index (χ1) is 7.36. The molecule has 0 radical (unpaired) electrons. The number of ether oxygens (including phenoxy) is 1. The Morgan fingerprint density at radius 3 is 3.13 bits per heavy atom. The molecular formula is C12H17NO2. The zero-order valence-corrected chi connectivity index (χ0v) is 8.80. The highest BCUT2D eigenvalue weighted by Crippen LogP contribution is 2.19. The number of hydrogen-bond acceptors (Lipinski definition) is 3. The van der Waals surface area contributed by atoms with Gasteiger partial charge in [-0.1, -0.05) is 6.07 Å². The first kappa shape index (κ1) is 10.6. The molecule has 0 bridgehead atoms. The minimum absolute atomic E-state index is 0.192. The molecule has 15 heavy (non-hydrogen) atoms. The zero-order chi connectivity index (χ0) is 10.5. The molecule has 82 valence electrons. The summed E-state index contributed by atoms with van der Waals surface area (Å²) >= 11 is 0. The predicted molar refractivity (Wildman–Crippen MR) is 57.5 cm³/mol. The van der Waals surface area contributed by atoms with Crippen LogP contribution in [-0.4, -0.2) is 29.4 Å². The quantitative estimate of drug-likeness (QED) is 0.815. The van der Waals surface area contributed by atoms with Gasteiger partial charge in [-0.2, -0.15) is 0 Å². The second-order valence-electron chi connectivity index (χ2n) is 4.05. The van der Waals surface area contributed by atoms with Gasteiger partial charge in [-0.3, -0.25) is 4.98 Å². The molecule has 0 spiro atoms. The highest BCUT2D eigenvalue weighted by atomic mass is 16.5. The molecule has 0 aromatic carbocycles. The average Bonchev–Trinajstić information content (AvgIpc) is 2.29. The maximum atomic E-state index is 9.75. The number of pyridine rings is 1. The van der Waals surface area contributed by atoms with Gasteiger partial charge < -0.3 is 9.84 Å². The Kier molecular flexibility index (Phi) is 3.69. The SMILES string of the molecule is OC1CCOCC1CCc1ccccn1. The number of nitrogens with zero attached hydrogens (tertiary/aromatic N) is 1. The summed E-state index contributed by atoms with van der Waals surface area (Å²) < 4.78 is 5.36. The van der Waals surface area contributed by atoms with E-state index < -0.39 is 0 Å². The lowest BCUT2D eigenvalue weighted by Crippen LogP contribution is -2.32. The average molecular weight is 207 g/mol. The number of hydrogen-bond donors (Lipinski definition) is 1. The maximum Gasteiger partial charge on any atom is 0.0612 e. The fraction of sp³-hybridized carbons (Fsp3) is 0.583. The lowest BCUT2D eigenvalue weighted by molar-refractivity contribution is -0.0381. The van der Waals surface area contributed by atoms with Crippen molar-refractivity contribution in [2.24, 2.45) is 5.92 Å². The molecule has 0 saturated carbocycles. The third-order valence-corrected chi connectivity index (χ3v) is 2.93. The second kappa shape index (κ2) is 5.24. The van der Waals surface area contributed by atoms with Crippen LogP contribution < -0.4 is 0 Å². The van der Waals surface area contributed by atoms with Gasteiger partial charge in [-0.05, 0) is 31.4 Å². The topological polar surface area (TPSA) is 42.4 Å². The van der Waals surface area contributed by atoms with Gasteiger partial charge in [0, 0.05) is 24.4 Å².